The summed E-state index contributed by atoms with van der Waals surface area (Å²) in [7, 11) is 0. The van der Waals surface area contributed by atoms with E-state index in [4.69, 9.17) is 5.11 Å². The van der Waals surface area contributed by atoms with Crippen LogP contribution in [0, 0.1) is 0 Å². The number of pyridine rings is 1. The topological polar surface area (TPSA) is 50.2 Å². The Labute approximate surface area is 105 Å². The first kappa shape index (κ1) is 11.2. The van der Waals surface area contributed by atoms with Crippen molar-refractivity contribution >= 4 is 16.9 Å². The molecule has 3 rings (SSSR count). The number of aromatic nitrogens is 1. The number of carboxylic acids is 1. The quantitative estimate of drug-likeness (QED) is 0.898. The Balaban J connectivity index is 2.04. The first-order chi connectivity index (χ1) is 8.70. The van der Waals surface area contributed by atoms with Gasteiger partial charge in [0.25, 0.3) is 0 Å². The average Bonchev–Trinajstić information content (AvgIpc) is 2.33. The number of benzene rings is 1. The van der Waals surface area contributed by atoms with Gasteiger partial charge in [-0.25, -0.2) is 0 Å². The summed E-state index contributed by atoms with van der Waals surface area (Å²) in [5, 5.41) is 10.2. The molecule has 0 amide bonds. The summed E-state index contributed by atoms with van der Waals surface area (Å²) in [5.41, 5.74) is 1.66. The lowest BCUT2D eigenvalue weighted by molar-refractivity contribution is -0.139. The standard InChI is InChI=1S/C15H15NO2/c17-14(18)10-15(8-3-9-15)13-7-6-11-4-1-2-5-12(11)16-13/h1-2,4-7H,3,8-10H2,(H,17,18). The van der Waals surface area contributed by atoms with Gasteiger partial charge in [-0.1, -0.05) is 30.7 Å². The van der Waals surface area contributed by atoms with Crippen molar-refractivity contribution in [2.45, 2.75) is 31.1 Å². The highest BCUT2D eigenvalue weighted by Crippen LogP contribution is 2.45. The summed E-state index contributed by atoms with van der Waals surface area (Å²) in [6.45, 7) is 0. The molecule has 1 aromatic carbocycles. The Morgan fingerprint density at radius 3 is 2.67 bits per heavy atom. The van der Waals surface area contributed by atoms with Crippen molar-refractivity contribution in [1.29, 1.82) is 0 Å². The molecular formula is C15H15NO2. The molecule has 0 radical (unpaired) electrons. The summed E-state index contributed by atoms with van der Waals surface area (Å²) >= 11 is 0. The van der Waals surface area contributed by atoms with Crippen molar-refractivity contribution in [2.24, 2.45) is 0 Å². The molecule has 0 saturated heterocycles. The number of carbonyl (C=O) groups is 1. The number of fused-ring (bicyclic) bond motifs is 1. The highest BCUT2D eigenvalue weighted by atomic mass is 16.4. The number of hydrogen-bond acceptors (Lipinski definition) is 2. The smallest absolute Gasteiger partial charge is 0.304 e. The summed E-state index contributed by atoms with van der Waals surface area (Å²) in [4.78, 5) is 15.7. The number of carboxylic acid groups (broad SMARTS) is 1. The SMILES string of the molecule is O=C(O)CC1(c2ccc3ccccc3n2)CCC1. The monoisotopic (exact) mass is 241 g/mol. The molecule has 92 valence electrons. The van der Waals surface area contributed by atoms with Crippen LogP contribution in [0.15, 0.2) is 36.4 Å². The lowest BCUT2D eigenvalue weighted by Gasteiger charge is -2.40. The fourth-order valence-corrected chi connectivity index (χ4v) is 2.78. The maximum atomic E-state index is 11.0. The van der Waals surface area contributed by atoms with E-state index in [2.05, 4.69) is 4.98 Å². The van der Waals surface area contributed by atoms with E-state index < -0.39 is 5.97 Å². The Morgan fingerprint density at radius 2 is 2.00 bits per heavy atom. The van der Waals surface area contributed by atoms with Gasteiger partial charge in [-0.2, -0.15) is 0 Å². The van der Waals surface area contributed by atoms with Crippen LogP contribution in [0.25, 0.3) is 10.9 Å². The van der Waals surface area contributed by atoms with Crippen LogP contribution in [0.5, 0.6) is 0 Å². The lowest BCUT2D eigenvalue weighted by atomic mass is 9.64. The van der Waals surface area contributed by atoms with Gasteiger partial charge in [0.2, 0.25) is 0 Å². The van der Waals surface area contributed by atoms with Crippen LogP contribution >= 0.6 is 0 Å². The molecule has 18 heavy (non-hydrogen) atoms. The summed E-state index contributed by atoms with van der Waals surface area (Å²) < 4.78 is 0. The second kappa shape index (κ2) is 4.09. The molecule has 3 heteroatoms. The molecule has 0 atom stereocenters. The van der Waals surface area contributed by atoms with Crippen molar-refractivity contribution in [1.82, 2.24) is 4.98 Å². The lowest BCUT2D eigenvalue weighted by Crippen LogP contribution is -2.37. The number of hydrogen-bond donors (Lipinski definition) is 1. The third kappa shape index (κ3) is 1.76. The van der Waals surface area contributed by atoms with Crippen LogP contribution in [0.2, 0.25) is 0 Å². The molecule has 0 unspecified atom stereocenters. The molecule has 1 aliphatic carbocycles. The zero-order chi connectivity index (χ0) is 12.6. The molecule has 1 saturated carbocycles. The second-order valence-electron chi connectivity index (χ2n) is 5.09. The van der Waals surface area contributed by atoms with Gasteiger partial charge >= 0.3 is 5.97 Å². The van der Waals surface area contributed by atoms with Crippen LogP contribution in [0.1, 0.15) is 31.4 Å². The van der Waals surface area contributed by atoms with Crippen molar-refractivity contribution in [3.05, 3.63) is 42.1 Å². The first-order valence-electron chi connectivity index (χ1n) is 6.28. The molecule has 3 nitrogen and oxygen atoms in total. The van der Waals surface area contributed by atoms with Crippen LogP contribution in [-0.2, 0) is 10.2 Å². The van der Waals surface area contributed by atoms with Crippen LogP contribution in [0.4, 0.5) is 0 Å². The maximum absolute atomic E-state index is 11.0. The number of nitrogens with zero attached hydrogens (tertiary/aromatic N) is 1. The van der Waals surface area contributed by atoms with Crippen LogP contribution in [-0.4, -0.2) is 16.1 Å². The van der Waals surface area contributed by atoms with Gasteiger partial charge in [0, 0.05) is 16.5 Å². The van der Waals surface area contributed by atoms with Gasteiger partial charge in [-0.05, 0) is 25.0 Å². The predicted molar refractivity (Wildman–Crippen MR) is 69.5 cm³/mol. The average molecular weight is 241 g/mol. The molecule has 1 heterocycles. The Morgan fingerprint density at radius 1 is 1.22 bits per heavy atom. The molecule has 1 fully saturated rings. The van der Waals surface area contributed by atoms with Crippen molar-refractivity contribution in [3.63, 3.8) is 0 Å². The molecule has 0 spiro atoms. The molecule has 1 aromatic heterocycles. The van der Waals surface area contributed by atoms with Gasteiger partial charge in [-0.15, -0.1) is 0 Å². The third-order valence-corrected chi connectivity index (χ3v) is 3.94. The normalized spacial score (nSPS) is 17.3. The largest absolute Gasteiger partial charge is 0.481 e. The van der Waals surface area contributed by atoms with Gasteiger partial charge in [-0.3, -0.25) is 9.78 Å². The van der Waals surface area contributed by atoms with Crippen LogP contribution in [0.3, 0.4) is 0 Å². The van der Waals surface area contributed by atoms with Crippen LogP contribution < -0.4 is 0 Å². The second-order valence-corrected chi connectivity index (χ2v) is 5.09. The Bertz CT molecular complexity index is 602. The zero-order valence-corrected chi connectivity index (χ0v) is 10.1. The van der Waals surface area contributed by atoms with E-state index in [0.29, 0.717) is 0 Å². The van der Waals surface area contributed by atoms with Crippen molar-refractivity contribution < 1.29 is 9.90 Å². The first-order valence-corrected chi connectivity index (χ1v) is 6.28. The minimum atomic E-state index is -0.732. The highest BCUT2D eigenvalue weighted by molar-refractivity contribution is 5.79. The molecule has 0 bridgehead atoms. The van der Waals surface area contributed by atoms with Gasteiger partial charge in [0.05, 0.1) is 11.9 Å². The van der Waals surface area contributed by atoms with Crippen molar-refractivity contribution in [3.8, 4) is 0 Å². The summed E-state index contributed by atoms with van der Waals surface area (Å²) in [6.07, 6.45) is 3.16. The zero-order valence-electron chi connectivity index (χ0n) is 10.1. The summed E-state index contributed by atoms with van der Waals surface area (Å²) in [5.74, 6) is -0.732. The number of rotatable bonds is 3. The van der Waals surface area contributed by atoms with E-state index in [0.717, 1.165) is 35.9 Å². The molecule has 1 N–H and O–H groups in total. The van der Waals surface area contributed by atoms with Gasteiger partial charge in [0.1, 0.15) is 0 Å². The van der Waals surface area contributed by atoms with E-state index in [9.17, 15) is 4.79 Å². The molecular weight excluding hydrogens is 226 g/mol. The van der Waals surface area contributed by atoms with E-state index in [1.54, 1.807) is 0 Å². The molecule has 1 aliphatic rings. The number of para-hydroxylation sites is 1. The molecule has 0 aliphatic heterocycles. The van der Waals surface area contributed by atoms with E-state index in [1.807, 2.05) is 36.4 Å². The van der Waals surface area contributed by atoms with E-state index in [-0.39, 0.29) is 11.8 Å². The van der Waals surface area contributed by atoms with Crippen molar-refractivity contribution in [2.75, 3.05) is 0 Å². The highest BCUT2D eigenvalue weighted by Gasteiger charge is 2.41. The fourth-order valence-electron chi connectivity index (χ4n) is 2.78. The third-order valence-electron chi connectivity index (χ3n) is 3.94. The molecule has 2 aromatic rings. The predicted octanol–water partition coefficient (Wildman–Crippen LogP) is 3.13. The Hall–Kier alpha value is -1.90. The number of aliphatic carboxylic acids is 1. The minimum absolute atomic E-state index is 0.193. The Kier molecular flexibility index (Phi) is 2.54. The van der Waals surface area contributed by atoms with E-state index in [1.165, 1.54) is 0 Å². The minimum Gasteiger partial charge on any atom is -0.481 e. The fraction of sp³-hybridized carbons (Fsp3) is 0.333. The van der Waals surface area contributed by atoms with Gasteiger partial charge in [0.15, 0.2) is 0 Å². The van der Waals surface area contributed by atoms with E-state index >= 15 is 0 Å². The van der Waals surface area contributed by atoms with Gasteiger partial charge < -0.3 is 5.11 Å². The summed E-state index contributed by atoms with van der Waals surface area (Å²) in [6, 6.07) is 12.0. The maximum Gasteiger partial charge on any atom is 0.304 e.